The molecule has 2 heterocycles. The van der Waals surface area contributed by atoms with Crippen LogP contribution < -0.4 is 10.6 Å². The highest BCUT2D eigenvalue weighted by atomic mass is 127. The third kappa shape index (κ3) is 4.72. The van der Waals surface area contributed by atoms with Crippen LogP contribution in [0.4, 0.5) is 0 Å². The van der Waals surface area contributed by atoms with Crippen LogP contribution in [0.3, 0.4) is 0 Å². The van der Waals surface area contributed by atoms with Crippen LogP contribution in [0.25, 0.3) is 11.0 Å². The highest BCUT2D eigenvalue weighted by Crippen LogP contribution is 2.24. The van der Waals surface area contributed by atoms with E-state index in [1.807, 2.05) is 43.3 Å². The van der Waals surface area contributed by atoms with E-state index in [2.05, 4.69) is 33.6 Å². The van der Waals surface area contributed by atoms with E-state index in [0.717, 1.165) is 39.6 Å². The molecular weight excluding hydrogens is 427 g/mol. The Labute approximate surface area is 165 Å². The molecule has 5 nitrogen and oxygen atoms in total. The summed E-state index contributed by atoms with van der Waals surface area (Å²) < 4.78 is 5.91. The average molecular weight is 450 g/mol. The second-order valence-corrected chi connectivity index (χ2v) is 5.70. The molecule has 0 unspecified atom stereocenters. The number of hydrogen-bond donors (Lipinski definition) is 2. The molecule has 0 spiro atoms. The van der Waals surface area contributed by atoms with Gasteiger partial charge < -0.3 is 15.1 Å². The van der Waals surface area contributed by atoms with Crippen LogP contribution >= 0.6 is 24.0 Å². The van der Waals surface area contributed by atoms with Crippen molar-refractivity contribution >= 4 is 40.9 Å². The van der Waals surface area contributed by atoms with Crippen LogP contribution in [0.15, 0.2) is 51.9 Å². The summed E-state index contributed by atoms with van der Waals surface area (Å²) in [5.74, 6) is 1.64. The molecule has 0 atom stereocenters. The Kier molecular flexibility index (Phi) is 6.81. The number of nitrogens with one attached hydrogen (secondary N) is 2. The fourth-order valence-corrected chi connectivity index (χ4v) is 2.65. The van der Waals surface area contributed by atoms with E-state index in [-0.39, 0.29) is 24.0 Å². The molecule has 2 aromatic heterocycles. The quantitative estimate of drug-likeness (QED) is 0.359. The summed E-state index contributed by atoms with van der Waals surface area (Å²) in [6.07, 6.45) is 0. The van der Waals surface area contributed by atoms with Crippen molar-refractivity contribution in [3.8, 4) is 0 Å². The standard InChI is InChI=1S/C19H22N4O.HI/c1-13-7-6-8-15(23-13)11-21-19(20-3)22-12-18-14(2)16-9-4-5-10-17(16)24-18;/h4-10H,11-12H2,1-3H3,(H2,20,21,22);1H. The van der Waals surface area contributed by atoms with Gasteiger partial charge in [-0.1, -0.05) is 24.3 Å². The van der Waals surface area contributed by atoms with Crippen LogP contribution in [-0.2, 0) is 13.1 Å². The average Bonchev–Trinajstić information content (AvgIpc) is 2.92. The van der Waals surface area contributed by atoms with Crippen LogP contribution in [-0.4, -0.2) is 18.0 Å². The third-order valence-electron chi connectivity index (χ3n) is 3.97. The maximum atomic E-state index is 5.91. The number of halogens is 1. The normalized spacial score (nSPS) is 11.2. The lowest BCUT2D eigenvalue weighted by Crippen LogP contribution is -2.36. The van der Waals surface area contributed by atoms with Crippen LogP contribution in [0.5, 0.6) is 0 Å². The van der Waals surface area contributed by atoms with Gasteiger partial charge in [-0.3, -0.25) is 9.98 Å². The van der Waals surface area contributed by atoms with Crippen molar-refractivity contribution in [3.63, 3.8) is 0 Å². The number of fused-ring (bicyclic) bond motifs is 1. The van der Waals surface area contributed by atoms with Gasteiger partial charge in [0.05, 0.1) is 18.8 Å². The number of aliphatic imine (C=N–C) groups is 1. The predicted molar refractivity (Wildman–Crippen MR) is 112 cm³/mol. The summed E-state index contributed by atoms with van der Waals surface area (Å²) >= 11 is 0. The lowest BCUT2D eigenvalue weighted by atomic mass is 10.1. The Bertz CT molecular complexity index is 873. The Morgan fingerprint density at radius 1 is 1.04 bits per heavy atom. The Balaban J connectivity index is 0.00000225. The molecule has 25 heavy (non-hydrogen) atoms. The van der Waals surface area contributed by atoms with Crippen molar-refractivity contribution in [1.29, 1.82) is 0 Å². The number of nitrogens with zero attached hydrogens (tertiary/aromatic N) is 2. The topological polar surface area (TPSA) is 62.5 Å². The molecule has 0 fully saturated rings. The van der Waals surface area contributed by atoms with E-state index in [1.54, 1.807) is 7.05 Å². The first-order valence-electron chi connectivity index (χ1n) is 8.01. The van der Waals surface area contributed by atoms with Gasteiger partial charge in [-0.2, -0.15) is 0 Å². The molecule has 0 radical (unpaired) electrons. The van der Waals surface area contributed by atoms with E-state index in [9.17, 15) is 0 Å². The summed E-state index contributed by atoms with van der Waals surface area (Å²) in [4.78, 5) is 8.73. The smallest absolute Gasteiger partial charge is 0.191 e. The summed E-state index contributed by atoms with van der Waals surface area (Å²) in [5, 5.41) is 7.71. The molecule has 0 saturated carbocycles. The van der Waals surface area contributed by atoms with Crippen molar-refractivity contribution in [2.75, 3.05) is 7.05 Å². The molecule has 0 aliphatic rings. The van der Waals surface area contributed by atoms with Crippen molar-refractivity contribution in [2.24, 2.45) is 4.99 Å². The fraction of sp³-hybridized carbons (Fsp3) is 0.263. The van der Waals surface area contributed by atoms with Crippen LogP contribution in [0.1, 0.15) is 22.7 Å². The second-order valence-electron chi connectivity index (χ2n) is 5.70. The molecule has 0 aliphatic carbocycles. The highest BCUT2D eigenvalue weighted by molar-refractivity contribution is 14.0. The molecular formula is C19H23IN4O. The molecule has 6 heteroatoms. The SMILES string of the molecule is CN=C(NCc1cccc(C)n1)NCc1oc2ccccc2c1C.I. The minimum atomic E-state index is 0. The molecule has 0 bridgehead atoms. The number of guanidine groups is 1. The van der Waals surface area contributed by atoms with Gasteiger partial charge in [0.2, 0.25) is 0 Å². The molecule has 2 N–H and O–H groups in total. The number of benzene rings is 1. The predicted octanol–water partition coefficient (Wildman–Crippen LogP) is 3.93. The van der Waals surface area contributed by atoms with Crippen molar-refractivity contribution in [1.82, 2.24) is 15.6 Å². The number of rotatable bonds is 4. The maximum Gasteiger partial charge on any atom is 0.191 e. The minimum absolute atomic E-state index is 0. The van der Waals surface area contributed by atoms with Gasteiger partial charge in [0.25, 0.3) is 0 Å². The van der Waals surface area contributed by atoms with E-state index in [1.165, 1.54) is 0 Å². The van der Waals surface area contributed by atoms with E-state index in [4.69, 9.17) is 4.42 Å². The largest absolute Gasteiger partial charge is 0.459 e. The number of para-hydroxylation sites is 1. The van der Waals surface area contributed by atoms with E-state index in [0.29, 0.717) is 13.1 Å². The molecule has 132 valence electrons. The van der Waals surface area contributed by atoms with Gasteiger partial charge in [-0.25, -0.2) is 0 Å². The van der Waals surface area contributed by atoms with Gasteiger partial charge in [-0.15, -0.1) is 24.0 Å². The number of hydrogen-bond acceptors (Lipinski definition) is 3. The lowest BCUT2D eigenvalue weighted by molar-refractivity contribution is 0.534. The van der Waals surface area contributed by atoms with Gasteiger partial charge in [-0.05, 0) is 32.0 Å². The Hall–Kier alpha value is -2.09. The van der Waals surface area contributed by atoms with E-state index < -0.39 is 0 Å². The fourth-order valence-electron chi connectivity index (χ4n) is 2.65. The zero-order chi connectivity index (χ0) is 16.9. The van der Waals surface area contributed by atoms with Crippen molar-refractivity contribution < 1.29 is 4.42 Å². The Morgan fingerprint density at radius 2 is 1.80 bits per heavy atom. The Morgan fingerprint density at radius 3 is 2.52 bits per heavy atom. The third-order valence-corrected chi connectivity index (χ3v) is 3.97. The first-order valence-corrected chi connectivity index (χ1v) is 8.01. The summed E-state index contributed by atoms with van der Waals surface area (Å²) in [6.45, 7) is 5.28. The highest BCUT2D eigenvalue weighted by Gasteiger charge is 2.10. The zero-order valence-electron chi connectivity index (χ0n) is 14.7. The molecule has 3 aromatic rings. The maximum absolute atomic E-state index is 5.91. The molecule has 1 aromatic carbocycles. The lowest BCUT2D eigenvalue weighted by Gasteiger charge is -2.11. The van der Waals surface area contributed by atoms with Gasteiger partial charge in [0, 0.05) is 23.7 Å². The van der Waals surface area contributed by atoms with Gasteiger partial charge in [0.15, 0.2) is 5.96 Å². The summed E-state index contributed by atoms with van der Waals surface area (Å²) in [7, 11) is 1.75. The number of aromatic nitrogens is 1. The van der Waals surface area contributed by atoms with Crippen molar-refractivity contribution in [3.05, 3.63) is 65.2 Å². The minimum Gasteiger partial charge on any atom is -0.459 e. The first-order chi connectivity index (χ1) is 11.7. The monoisotopic (exact) mass is 450 g/mol. The zero-order valence-corrected chi connectivity index (χ0v) is 17.0. The number of aryl methyl sites for hydroxylation is 2. The van der Waals surface area contributed by atoms with Gasteiger partial charge in [0.1, 0.15) is 11.3 Å². The molecule has 0 aliphatic heterocycles. The van der Waals surface area contributed by atoms with E-state index >= 15 is 0 Å². The van der Waals surface area contributed by atoms with Crippen LogP contribution in [0.2, 0.25) is 0 Å². The summed E-state index contributed by atoms with van der Waals surface area (Å²) in [6, 6.07) is 14.1. The summed E-state index contributed by atoms with van der Waals surface area (Å²) in [5.41, 5.74) is 4.07. The molecule has 0 amide bonds. The number of pyridine rings is 1. The molecule has 3 rings (SSSR count). The van der Waals surface area contributed by atoms with Gasteiger partial charge >= 0.3 is 0 Å². The second kappa shape index (κ2) is 8.84. The van der Waals surface area contributed by atoms with Crippen molar-refractivity contribution in [2.45, 2.75) is 26.9 Å². The molecule has 0 saturated heterocycles. The number of furan rings is 1. The first kappa shape index (κ1) is 19.2. The van der Waals surface area contributed by atoms with Crippen LogP contribution in [0, 0.1) is 13.8 Å².